The molecule has 1 heterocycles. The molecule has 0 saturated carbocycles. The van der Waals surface area contributed by atoms with Crippen LogP contribution < -0.4 is 14.8 Å². The number of amides is 1. The molecular formula is C12H15NO4. The zero-order valence-electron chi connectivity index (χ0n) is 10.1. The summed E-state index contributed by atoms with van der Waals surface area (Å²) in [6.45, 7) is 2.18. The van der Waals surface area contributed by atoms with Crippen LogP contribution in [0.3, 0.4) is 0 Å². The van der Waals surface area contributed by atoms with Crippen LogP contribution in [0.4, 0.5) is 4.79 Å². The van der Waals surface area contributed by atoms with Crippen LogP contribution in [0, 0.1) is 0 Å². The monoisotopic (exact) mass is 237 g/mol. The Kier molecular flexibility index (Phi) is 2.83. The topological polar surface area (TPSA) is 56.8 Å². The molecule has 92 valence electrons. The molecule has 0 aliphatic carbocycles. The number of carbonyl (C=O) groups excluding carboxylic acids is 1. The number of benzene rings is 1. The number of methoxy groups -OCH3 is 2. The number of rotatable bonds is 3. The average Bonchev–Trinajstić information content (AvgIpc) is 2.69. The van der Waals surface area contributed by atoms with Crippen LogP contribution in [0.25, 0.3) is 0 Å². The van der Waals surface area contributed by atoms with Crippen molar-refractivity contribution in [2.75, 3.05) is 20.8 Å². The number of nitrogens with one attached hydrogen (secondary N) is 1. The molecule has 0 spiro atoms. The van der Waals surface area contributed by atoms with Gasteiger partial charge in [0.05, 0.1) is 14.2 Å². The van der Waals surface area contributed by atoms with Gasteiger partial charge in [-0.05, 0) is 19.1 Å². The summed E-state index contributed by atoms with van der Waals surface area (Å²) in [7, 11) is 3.18. The minimum atomic E-state index is -0.561. The third-order valence-electron chi connectivity index (χ3n) is 2.87. The van der Waals surface area contributed by atoms with Crippen molar-refractivity contribution in [3.05, 3.63) is 23.8 Å². The Hall–Kier alpha value is -1.91. The van der Waals surface area contributed by atoms with Gasteiger partial charge in [0.15, 0.2) is 0 Å². The highest BCUT2D eigenvalue weighted by Gasteiger charge is 2.38. The highest BCUT2D eigenvalue weighted by molar-refractivity contribution is 5.71. The van der Waals surface area contributed by atoms with Crippen LogP contribution >= 0.6 is 0 Å². The molecular weight excluding hydrogens is 222 g/mol. The summed E-state index contributed by atoms with van der Waals surface area (Å²) in [4.78, 5) is 11.2. The maximum atomic E-state index is 11.2. The number of alkyl carbamates (subject to hydrolysis) is 1. The molecule has 1 N–H and O–H groups in total. The molecule has 1 fully saturated rings. The van der Waals surface area contributed by atoms with Gasteiger partial charge in [-0.2, -0.15) is 0 Å². The summed E-state index contributed by atoms with van der Waals surface area (Å²) in [6.07, 6.45) is -0.412. The second-order valence-electron chi connectivity index (χ2n) is 4.10. The smallest absolute Gasteiger partial charge is 0.408 e. The van der Waals surface area contributed by atoms with E-state index in [9.17, 15) is 4.79 Å². The van der Waals surface area contributed by atoms with Crippen molar-refractivity contribution in [1.29, 1.82) is 0 Å². The van der Waals surface area contributed by atoms with E-state index >= 15 is 0 Å². The Morgan fingerprint density at radius 1 is 1.35 bits per heavy atom. The minimum Gasteiger partial charge on any atom is -0.497 e. The van der Waals surface area contributed by atoms with Crippen LogP contribution in [0.1, 0.15) is 12.5 Å². The first-order valence-corrected chi connectivity index (χ1v) is 5.26. The van der Waals surface area contributed by atoms with Crippen molar-refractivity contribution >= 4 is 6.09 Å². The predicted octanol–water partition coefficient (Wildman–Crippen LogP) is 1.66. The van der Waals surface area contributed by atoms with E-state index in [2.05, 4.69) is 5.32 Å². The molecule has 5 heteroatoms. The molecule has 1 unspecified atom stereocenters. The van der Waals surface area contributed by atoms with Crippen molar-refractivity contribution in [3.8, 4) is 11.5 Å². The Labute approximate surface area is 99.7 Å². The Morgan fingerprint density at radius 2 is 2.12 bits per heavy atom. The Balaban J connectivity index is 2.41. The molecule has 1 amide bonds. The molecule has 1 atom stereocenters. The molecule has 1 aromatic rings. The summed E-state index contributed by atoms with van der Waals surface area (Å²) < 4.78 is 15.4. The van der Waals surface area contributed by atoms with Gasteiger partial charge in [0.25, 0.3) is 0 Å². The molecule has 1 aliphatic heterocycles. The number of cyclic esters (lactones) is 1. The van der Waals surface area contributed by atoms with Crippen molar-refractivity contribution < 1.29 is 19.0 Å². The van der Waals surface area contributed by atoms with Crippen LogP contribution in [0.15, 0.2) is 18.2 Å². The first kappa shape index (κ1) is 11.6. The molecule has 1 aliphatic rings. The second-order valence-corrected chi connectivity index (χ2v) is 4.10. The van der Waals surface area contributed by atoms with Crippen LogP contribution in [-0.2, 0) is 10.3 Å². The highest BCUT2D eigenvalue weighted by Crippen LogP contribution is 2.35. The maximum absolute atomic E-state index is 11.2. The van der Waals surface area contributed by atoms with E-state index in [1.165, 1.54) is 0 Å². The van der Waals surface area contributed by atoms with Gasteiger partial charge in [-0.1, -0.05) is 0 Å². The quantitative estimate of drug-likeness (QED) is 0.868. The third kappa shape index (κ3) is 2.00. The van der Waals surface area contributed by atoms with Gasteiger partial charge in [0.2, 0.25) is 0 Å². The molecule has 0 radical (unpaired) electrons. The van der Waals surface area contributed by atoms with Gasteiger partial charge < -0.3 is 19.5 Å². The standard InChI is InChI=1S/C12H15NO4/c1-12(7-17-11(14)13-12)9-5-4-8(15-2)6-10(9)16-3/h4-6H,7H2,1-3H3,(H,13,14). The second kappa shape index (κ2) is 4.16. The fourth-order valence-electron chi connectivity index (χ4n) is 1.91. The van der Waals surface area contributed by atoms with Gasteiger partial charge >= 0.3 is 6.09 Å². The lowest BCUT2D eigenvalue weighted by Crippen LogP contribution is -2.37. The molecule has 0 aromatic heterocycles. The van der Waals surface area contributed by atoms with Crippen LogP contribution in [0.5, 0.6) is 11.5 Å². The zero-order valence-corrected chi connectivity index (χ0v) is 10.1. The van der Waals surface area contributed by atoms with Crippen molar-refractivity contribution in [3.63, 3.8) is 0 Å². The van der Waals surface area contributed by atoms with E-state index < -0.39 is 11.6 Å². The lowest BCUT2D eigenvalue weighted by Gasteiger charge is -2.24. The van der Waals surface area contributed by atoms with Gasteiger partial charge in [0, 0.05) is 11.6 Å². The normalized spacial score (nSPS) is 22.9. The lowest BCUT2D eigenvalue weighted by molar-refractivity contribution is 0.173. The number of hydrogen-bond acceptors (Lipinski definition) is 4. The number of hydrogen-bond donors (Lipinski definition) is 1. The van der Waals surface area contributed by atoms with Gasteiger partial charge in [-0.15, -0.1) is 0 Å². The van der Waals surface area contributed by atoms with Crippen molar-refractivity contribution in [2.45, 2.75) is 12.5 Å². The van der Waals surface area contributed by atoms with E-state index in [1.807, 2.05) is 19.1 Å². The highest BCUT2D eigenvalue weighted by atomic mass is 16.6. The lowest BCUT2D eigenvalue weighted by atomic mass is 9.92. The Morgan fingerprint density at radius 3 is 2.65 bits per heavy atom. The summed E-state index contributed by atoms with van der Waals surface area (Å²) in [5, 5.41) is 2.78. The van der Waals surface area contributed by atoms with Crippen LogP contribution in [0.2, 0.25) is 0 Å². The van der Waals surface area contributed by atoms with Crippen molar-refractivity contribution in [2.24, 2.45) is 0 Å². The molecule has 1 aromatic carbocycles. The Bertz CT molecular complexity index is 446. The predicted molar refractivity (Wildman–Crippen MR) is 61.4 cm³/mol. The van der Waals surface area contributed by atoms with Gasteiger partial charge in [-0.3, -0.25) is 0 Å². The number of carbonyl (C=O) groups is 1. The molecule has 17 heavy (non-hydrogen) atoms. The molecule has 0 bridgehead atoms. The van der Waals surface area contributed by atoms with Gasteiger partial charge in [-0.25, -0.2) is 4.79 Å². The first-order chi connectivity index (χ1) is 8.09. The summed E-state index contributed by atoms with van der Waals surface area (Å²) in [5.74, 6) is 1.37. The summed E-state index contributed by atoms with van der Waals surface area (Å²) in [5.41, 5.74) is 0.306. The first-order valence-electron chi connectivity index (χ1n) is 5.26. The van der Waals surface area contributed by atoms with E-state index in [-0.39, 0.29) is 6.61 Å². The van der Waals surface area contributed by atoms with Crippen molar-refractivity contribution in [1.82, 2.24) is 5.32 Å². The largest absolute Gasteiger partial charge is 0.497 e. The third-order valence-corrected chi connectivity index (χ3v) is 2.87. The average molecular weight is 237 g/mol. The minimum absolute atomic E-state index is 0.286. The molecule has 1 saturated heterocycles. The van der Waals surface area contributed by atoms with Crippen LogP contribution in [-0.4, -0.2) is 26.9 Å². The summed E-state index contributed by atoms with van der Waals surface area (Å²) in [6, 6.07) is 5.48. The maximum Gasteiger partial charge on any atom is 0.408 e. The SMILES string of the molecule is COc1ccc(C2(C)COC(=O)N2)c(OC)c1. The zero-order chi connectivity index (χ0) is 12.5. The number of ether oxygens (including phenoxy) is 3. The fraction of sp³-hybridized carbons (Fsp3) is 0.417. The summed E-state index contributed by atoms with van der Waals surface area (Å²) >= 11 is 0. The van der Waals surface area contributed by atoms with Gasteiger partial charge in [0.1, 0.15) is 23.6 Å². The van der Waals surface area contributed by atoms with E-state index in [0.717, 1.165) is 5.56 Å². The fourth-order valence-corrected chi connectivity index (χ4v) is 1.91. The van der Waals surface area contributed by atoms with E-state index in [1.54, 1.807) is 20.3 Å². The molecule has 2 rings (SSSR count). The molecule has 5 nitrogen and oxygen atoms in total. The van der Waals surface area contributed by atoms with E-state index in [0.29, 0.717) is 11.5 Å². The van der Waals surface area contributed by atoms with E-state index in [4.69, 9.17) is 14.2 Å².